The molecular weight excluding hydrogens is 326 g/mol. The van der Waals surface area contributed by atoms with Gasteiger partial charge in [0, 0.05) is 11.4 Å². The Labute approximate surface area is 144 Å². The molecule has 0 radical (unpaired) electrons. The highest BCUT2D eigenvalue weighted by atomic mass is 32.1. The van der Waals surface area contributed by atoms with E-state index < -0.39 is 0 Å². The highest BCUT2D eigenvalue weighted by Crippen LogP contribution is 2.34. The van der Waals surface area contributed by atoms with Crippen LogP contribution in [0.2, 0.25) is 0 Å². The fourth-order valence-electron chi connectivity index (χ4n) is 2.84. The molecule has 1 N–H and O–H groups in total. The van der Waals surface area contributed by atoms with Crippen molar-refractivity contribution in [2.75, 3.05) is 19.0 Å². The molecule has 1 aliphatic heterocycles. The summed E-state index contributed by atoms with van der Waals surface area (Å²) in [5.41, 5.74) is 0.566. The maximum Gasteiger partial charge on any atom is 0.323 e. The van der Waals surface area contributed by atoms with E-state index in [-0.39, 0.29) is 24.5 Å². The van der Waals surface area contributed by atoms with Gasteiger partial charge in [-0.05, 0) is 36.4 Å². The number of anilines is 1. The molecule has 7 heteroatoms. The fraction of sp³-hybridized carbons (Fsp3) is 0.353. The van der Waals surface area contributed by atoms with E-state index in [1.54, 1.807) is 29.5 Å². The number of rotatable bonds is 4. The zero-order chi connectivity index (χ0) is 16.9. The summed E-state index contributed by atoms with van der Waals surface area (Å²) in [7, 11) is 1.34. The second-order valence-corrected chi connectivity index (χ2v) is 6.54. The van der Waals surface area contributed by atoms with Crippen molar-refractivity contribution in [2.45, 2.75) is 25.3 Å². The van der Waals surface area contributed by atoms with E-state index in [2.05, 4.69) is 21.1 Å². The molecule has 0 bridgehead atoms. The van der Waals surface area contributed by atoms with Crippen molar-refractivity contribution in [3.05, 3.63) is 46.3 Å². The minimum Gasteiger partial charge on any atom is -0.469 e. The summed E-state index contributed by atoms with van der Waals surface area (Å²) in [5, 5.41) is 4.87. The smallest absolute Gasteiger partial charge is 0.323 e. The predicted octanol–water partition coefficient (Wildman–Crippen LogP) is 3.23. The Balaban J connectivity index is 1.68. The Kier molecular flexibility index (Phi) is 5.10. The molecule has 0 spiro atoms. The van der Waals surface area contributed by atoms with E-state index >= 15 is 0 Å². The molecule has 1 fully saturated rings. The number of likely N-dealkylation sites (tertiary alicyclic amines) is 1. The maximum atomic E-state index is 12.6. The normalized spacial score (nSPS) is 16.9. The molecule has 1 saturated heterocycles. The van der Waals surface area contributed by atoms with E-state index in [1.165, 1.54) is 12.0 Å². The molecule has 2 amide bonds. The van der Waals surface area contributed by atoms with Crippen LogP contribution in [-0.2, 0) is 16.0 Å². The highest BCUT2D eigenvalue weighted by molar-refractivity contribution is 7.10. The largest absolute Gasteiger partial charge is 0.469 e. The van der Waals surface area contributed by atoms with Crippen LogP contribution in [0.4, 0.5) is 10.6 Å². The van der Waals surface area contributed by atoms with Gasteiger partial charge in [0.25, 0.3) is 0 Å². The van der Waals surface area contributed by atoms with Gasteiger partial charge in [-0.15, -0.1) is 11.3 Å². The van der Waals surface area contributed by atoms with Gasteiger partial charge >= 0.3 is 12.0 Å². The van der Waals surface area contributed by atoms with E-state index in [1.807, 2.05) is 16.3 Å². The Bertz CT molecular complexity index is 718. The van der Waals surface area contributed by atoms with E-state index in [9.17, 15) is 9.59 Å². The number of aromatic nitrogens is 1. The minimum absolute atomic E-state index is 0.0851. The van der Waals surface area contributed by atoms with Crippen molar-refractivity contribution in [1.29, 1.82) is 0 Å². The van der Waals surface area contributed by atoms with Gasteiger partial charge in [-0.3, -0.25) is 10.1 Å². The van der Waals surface area contributed by atoms with Gasteiger partial charge in [0.1, 0.15) is 5.82 Å². The molecule has 0 unspecified atom stereocenters. The van der Waals surface area contributed by atoms with Crippen LogP contribution >= 0.6 is 11.3 Å². The standard InChI is InChI=1S/C17H19N3O3S/c1-23-16(21)11-12-5-2-8-15(18-12)19-17(22)20-9-3-6-13(20)14-7-4-10-24-14/h2,4-5,7-8,10,13H,3,6,9,11H2,1H3,(H,18,19,22)/t13-/m1/s1. The van der Waals surface area contributed by atoms with Gasteiger partial charge in [-0.25, -0.2) is 9.78 Å². The molecule has 1 atom stereocenters. The molecule has 3 heterocycles. The predicted molar refractivity (Wildman–Crippen MR) is 92.0 cm³/mol. The first-order valence-electron chi connectivity index (χ1n) is 7.81. The van der Waals surface area contributed by atoms with Crippen LogP contribution in [0.5, 0.6) is 0 Å². The van der Waals surface area contributed by atoms with Gasteiger partial charge in [0.2, 0.25) is 0 Å². The third kappa shape index (κ3) is 3.73. The molecule has 6 nitrogen and oxygen atoms in total. The Morgan fingerprint density at radius 3 is 3.00 bits per heavy atom. The SMILES string of the molecule is COC(=O)Cc1cccc(NC(=O)N2CCC[C@@H]2c2cccs2)n1. The third-order valence-corrected chi connectivity index (χ3v) is 4.95. The van der Waals surface area contributed by atoms with Crippen LogP contribution in [0.1, 0.15) is 29.5 Å². The lowest BCUT2D eigenvalue weighted by Gasteiger charge is -2.24. The number of nitrogens with one attached hydrogen (secondary N) is 1. The van der Waals surface area contributed by atoms with Gasteiger partial charge in [0.15, 0.2) is 0 Å². The first-order chi connectivity index (χ1) is 11.7. The van der Waals surface area contributed by atoms with Crippen LogP contribution in [0, 0.1) is 0 Å². The number of nitrogens with zero attached hydrogens (tertiary/aromatic N) is 2. The molecule has 1 aliphatic rings. The number of carbonyl (C=O) groups is 2. The number of hydrogen-bond acceptors (Lipinski definition) is 5. The molecule has 24 heavy (non-hydrogen) atoms. The lowest BCUT2D eigenvalue weighted by molar-refractivity contribution is -0.139. The topological polar surface area (TPSA) is 71.5 Å². The van der Waals surface area contributed by atoms with Crippen molar-refractivity contribution in [2.24, 2.45) is 0 Å². The van der Waals surface area contributed by atoms with Crippen LogP contribution in [0.3, 0.4) is 0 Å². The number of pyridine rings is 1. The Morgan fingerprint density at radius 2 is 2.25 bits per heavy atom. The van der Waals surface area contributed by atoms with Crippen LogP contribution in [-0.4, -0.2) is 35.5 Å². The summed E-state index contributed by atoms with van der Waals surface area (Å²) < 4.78 is 4.64. The molecule has 0 aliphatic carbocycles. The van der Waals surface area contributed by atoms with Crippen LogP contribution in [0.25, 0.3) is 0 Å². The summed E-state index contributed by atoms with van der Waals surface area (Å²) in [6.45, 7) is 0.732. The van der Waals surface area contributed by atoms with E-state index in [0.29, 0.717) is 11.5 Å². The number of amides is 2. The monoisotopic (exact) mass is 345 g/mol. The lowest BCUT2D eigenvalue weighted by atomic mass is 10.2. The second kappa shape index (κ2) is 7.44. The maximum absolute atomic E-state index is 12.6. The second-order valence-electron chi connectivity index (χ2n) is 5.56. The summed E-state index contributed by atoms with van der Waals surface area (Å²) in [5.74, 6) is 0.0847. The number of urea groups is 1. The molecule has 2 aromatic heterocycles. The first-order valence-corrected chi connectivity index (χ1v) is 8.69. The zero-order valence-corrected chi connectivity index (χ0v) is 14.2. The Hall–Kier alpha value is -2.41. The summed E-state index contributed by atoms with van der Waals surface area (Å²) in [4.78, 5) is 31.3. The highest BCUT2D eigenvalue weighted by Gasteiger charge is 2.30. The number of thiophene rings is 1. The van der Waals surface area contributed by atoms with Gasteiger partial charge in [-0.1, -0.05) is 12.1 Å². The van der Waals surface area contributed by atoms with Crippen molar-refractivity contribution in [1.82, 2.24) is 9.88 Å². The molecule has 126 valence electrons. The fourth-order valence-corrected chi connectivity index (χ4v) is 3.71. The quantitative estimate of drug-likeness (QED) is 0.864. The first kappa shape index (κ1) is 16.4. The van der Waals surface area contributed by atoms with E-state index in [4.69, 9.17) is 0 Å². The van der Waals surface area contributed by atoms with Crippen molar-refractivity contribution >= 4 is 29.2 Å². The summed E-state index contributed by atoms with van der Waals surface area (Å²) in [6.07, 6.45) is 2.05. The van der Waals surface area contributed by atoms with Gasteiger partial charge < -0.3 is 9.64 Å². The molecule has 0 saturated carbocycles. The average Bonchev–Trinajstić information content (AvgIpc) is 3.26. The van der Waals surface area contributed by atoms with Crippen molar-refractivity contribution in [3.8, 4) is 0 Å². The van der Waals surface area contributed by atoms with Crippen LogP contribution in [0.15, 0.2) is 35.7 Å². The molecule has 0 aromatic carbocycles. The number of hydrogen-bond donors (Lipinski definition) is 1. The molecule has 2 aromatic rings. The van der Waals surface area contributed by atoms with Crippen molar-refractivity contribution in [3.63, 3.8) is 0 Å². The van der Waals surface area contributed by atoms with Gasteiger partial charge in [-0.2, -0.15) is 0 Å². The number of esters is 1. The van der Waals surface area contributed by atoms with Crippen molar-refractivity contribution < 1.29 is 14.3 Å². The average molecular weight is 345 g/mol. The van der Waals surface area contributed by atoms with Gasteiger partial charge in [0.05, 0.1) is 25.3 Å². The molecular formula is C17H19N3O3S. The van der Waals surface area contributed by atoms with E-state index in [0.717, 1.165) is 19.4 Å². The third-order valence-electron chi connectivity index (χ3n) is 3.98. The summed E-state index contributed by atoms with van der Waals surface area (Å²) in [6, 6.07) is 9.26. The zero-order valence-electron chi connectivity index (χ0n) is 13.4. The number of methoxy groups -OCH3 is 1. The Morgan fingerprint density at radius 1 is 1.38 bits per heavy atom. The number of ether oxygens (including phenoxy) is 1. The number of carbonyl (C=O) groups excluding carboxylic acids is 2. The molecule has 3 rings (SSSR count). The lowest BCUT2D eigenvalue weighted by Crippen LogP contribution is -2.34. The summed E-state index contributed by atoms with van der Waals surface area (Å²) >= 11 is 1.67. The van der Waals surface area contributed by atoms with Crippen LogP contribution < -0.4 is 5.32 Å². The minimum atomic E-state index is -0.358.